The predicted octanol–water partition coefficient (Wildman–Crippen LogP) is 0.223. The summed E-state index contributed by atoms with van der Waals surface area (Å²) in [5.74, 6) is -0.492. The molecule has 0 aromatic heterocycles. The van der Waals surface area contributed by atoms with Gasteiger partial charge in [-0.25, -0.2) is 0 Å². The Bertz CT molecular complexity index is 485. The van der Waals surface area contributed by atoms with E-state index >= 15 is 0 Å². The van der Waals surface area contributed by atoms with Crippen LogP contribution in [-0.4, -0.2) is 30.1 Å². The Labute approximate surface area is 103 Å². The van der Waals surface area contributed by atoms with Gasteiger partial charge in [-0.3, -0.25) is 19.9 Å². The Morgan fingerprint density at radius 2 is 2.28 bits per heavy atom. The summed E-state index contributed by atoms with van der Waals surface area (Å²) < 4.78 is 0. The molecule has 0 aliphatic rings. The topological polar surface area (TPSA) is 108 Å². The molecule has 0 aliphatic carbocycles. The van der Waals surface area contributed by atoms with Crippen LogP contribution in [-0.2, 0) is 4.79 Å². The molecule has 7 nitrogen and oxygen atoms in total. The minimum atomic E-state index is -0.575. The van der Waals surface area contributed by atoms with Crippen LogP contribution in [0.5, 0.6) is 5.75 Å². The second-order valence-corrected chi connectivity index (χ2v) is 3.50. The number of carbonyl (C=O) groups is 1. The molecule has 0 fully saturated rings. The van der Waals surface area contributed by atoms with Crippen LogP contribution >= 0.6 is 0 Å². The average Bonchev–Trinajstić information content (AvgIpc) is 2.30. The predicted molar refractivity (Wildman–Crippen MR) is 63.7 cm³/mol. The Kier molecular flexibility index (Phi) is 4.79. The molecule has 7 heteroatoms. The van der Waals surface area contributed by atoms with Crippen molar-refractivity contribution in [2.75, 3.05) is 13.1 Å². The summed E-state index contributed by atoms with van der Waals surface area (Å²) in [7, 11) is 0. The van der Waals surface area contributed by atoms with E-state index in [1.807, 2.05) is 0 Å². The maximum atomic E-state index is 11.4. The molecule has 1 rings (SSSR count). The van der Waals surface area contributed by atoms with Gasteiger partial charge in [0.05, 0.1) is 11.5 Å². The Hall–Kier alpha value is -2.44. The largest absolute Gasteiger partial charge is 0.872 e. The molecule has 0 spiro atoms. The number of nitro groups is 1. The van der Waals surface area contributed by atoms with Crippen molar-refractivity contribution in [3.8, 4) is 5.75 Å². The summed E-state index contributed by atoms with van der Waals surface area (Å²) >= 11 is 0. The number of non-ortho nitro benzene ring substituents is 1. The lowest BCUT2D eigenvalue weighted by molar-refractivity contribution is -0.385. The van der Waals surface area contributed by atoms with E-state index in [1.165, 1.54) is 19.2 Å². The third-order valence-electron chi connectivity index (χ3n) is 2.05. The van der Waals surface area contributed by atoms with Crippen molar-refractivity contribution >= 4 is 17.8 Å². The van der Waals surface area contributed by atoms with Crippen LogP contribution < -0.4 is 10.4 Å². The fourth-order valence-corrected chi connectivity index (χ4v) is 1.21. The molecule has 0 atom stereocenters. The summed E-state index contributed by atoms with van der Waals surface area (Å²) in [6.45, 7) is 2.05. The van der Waals surface area contributed by atoms with Gasteiger partial charge in [-0.15, -0.1) is 0 Å². The fourth-order valence-electron chi connectivity index (χ4n) is 1.21. The van der Waals surface area contributed by atoms with Gasteiger partial charge in [-0.05, 0) is 5.56 Å². The summed E-state index contributed by atoms with van der Waals surface area (Å²) in [5.41, 5.74) is 0.00457. The maximum Gasteiger partial charge on any atom is 0.270 e. The van der Waals surface area contributed by atoms with Gasteiger partial charge in [0.1, 0.15) is 0 Å². The fraction of sp³-hybridized carbons (Fsp3) is 0.273. The average molecular weight is 250 g/mol. The first-order valence-electron chi connectivity index (χ1n) is 5.20. The number of hydrogen-bond donors (Lipinski definition) is 1. The zero-order valence-corrected chi connectivity index (χ0v) is 9.75. The zero-order valence-electron chi connectivity index (χ0n) is 9.75. The molecule has 1 N–H and O–H groups in total. The third-order valence-corrected chi connectivity index (χ3v) is 2.05. The van der Waals surface area contributed by atoms with Gasteiger partial charge < -0.3 is 10.4 Å². The highest BCUT2D eigenvalue weighted by Crippen LogP contribution is 2.18. The van der Waals surface area contributed by atoms with Crippen molar-refractivity contribution in [2.24, 2.45) is 4.99 Å². The molecule has 1 amide bonds. The molecule has 0 aliphatic heterocycles. The van der Waals surface area contributed by atoms with Gasteiger partial charge >= 0.3 is 0 Å². The molecule has 0 unspecified atom stereocenters. The van der Waals surface area contributed by atoms with Crippen LogP contribution in [0.3, 0.4) is 0 Å². The lowest BCUT2D eigenvalue weighted by Gasteiger charge is -2.08. The van der Waals surface area contributed by atoms with E-state index < -0.39 is 4.92 Å². The number of amides is 1. The first kappa shape index (κ1) is 13.6. The van der Waals surface area contributed by atoms with Crippen LogP contribution in [0.25, 0.3) is 0 Å². The number of benzene rings is 1. The van der Waals surface area contributed by atoms with Gasteiger partial charge in [0, 0.05) is 31.8 Å². The molecule has 18 heavy (non-hydrogen) atoms. The quantitative estimate of drug-likeness (QED) is 0.349. The Balaban J connectivity index is 2.65. The van der Waals surface area contributed by atoms with Crippen LogP contribution in [0.1, 0.15) is 12.5 Å². The van der Waals surface area contributed by atoms with Crippen LogP contribution in [0, 0.1) is 10.1 Å². The molecule has 0 saturated heterocycles. The smallest absolute Gasteiger partial charge is 0.270 e. The third kappa shape index (κ3) is 4.20. The molecule has 0 saturated carbocycles. The van der Waals surface area contributed by atoms with Crippen LogP contribution in [0.15, 0.2) is 23.2 Å². The van der Waals surface area contributed by atoms with E-state index in [0.29, 0.717) is 13.1 Å². The second kappa shape index (κ2) is 6.33. The number of carbonyl (C=O) groups excluding carboxylic acids is 1. The van der Waals surface area contributed by atoms with Crippen molar-refractivity contribution in [3.05, 3.63) is 33.9 Å². The van der Waals surface area contributed by atoms with Crippen molar-refractivity contribution in [1.82, 2.24) is 5.32 Å². The minimum absolute atomic E-state index is 0.155. The number of hydrogen-bond acceptors (Lipinski definition) is 5. The molecule has 1 aromatic carbocycles. The first-order chi connectivity index (χ1) is 8.50. The normalized spacial score (nSPS) is 10.5. The van der Waals surface area contributed by atoms with E-state index in [-0.39, 0.29) is 22.9 Å². The van der Waals surface area contributed by atoms with Crippen molar-refractivity contribution in [1.29, 1.82) is 0 Å². The summed E-state index contributed by atoms with van der Waals surface area (Å²) in [4.78, 5) is 24.4. The van der Waals surface area contributed by atoms with Crippen molar-refractivity contribution in [3.63, 3.8) is 0 Å². The molecule has 96 valence electrons. The van der Waals surface area contributed by atoms with Crippen molar-refractivity contribution in [2.45, 2.75) is 6.92 Å². The molecule has 1 aromatic rings. The second-order valence-electron chi connectivity index (χ2n) is 3.50. The van der Waals surface area contributed by atoms with E-state index in [2.05, 4.69) is 10.3 Å². The number of rotatable bonds is 5. The highest BCUT2D eigenvalue weighted by atomic mass is 16.6. The van der Waals surface area contributed by atoms with Crippen LogP contribution in [0.4, 0.5) is 5.69 Å². The van der Waals surface area contributed by atoms with E-state index in [1.54, 1.807) is 0 Å². The summed E-state index contributed by atoms with van der Waals surface area (Å²) in [6.07, 6.45) is 1.27. The summed E-state index contributed by atoms with van der Waals surface area (Å²) in [5, 5.41) is 24.4. The zero-order chi connectivity index (χ0) is 13.5. The maximum absolute atomic E-state index is 11.4. The monoisotopic (exact) mass is 250 g/mol. The van der Waals surface area contributed by atoms with Gasteiger partial charge in [-0.1, -0.05) is 11.8 Å². The molecular formula is C11H12N3O4-. The van der Waals surface area contributed by atoms with Crippen molar-refractivity contribution < 1.29 is 14.8 Å². The molecule has 0 heterocycles. The van der Waals surface area contributed by atoms with Gasteiger partial charge in [0.2, 0.25) is 5.91 Å². The van der Waals surface area contributed by atoms with Gasteiger partial charge in [-0.2, -0.15) is 0 Å². The number of nitro benzene ring substituents is 1. The van der Waals surface area contributed by atoms with E-state index in [4.69, 9.17) is 0 Å². The molecule has 0 bridgehead atoms. The van der Waals surface area contributed by atoms with Crippen LogP contribution in [0.2, 0.25) is 0 Å². The standard InChI is InChI=1S/C11H13N3O4/c1-8(15)13-5-4-12-7-9-6-10(14(17)18)2-3-11(9)16/h2-3,6-7,16H,4-5H2,1H3,(H,13,15)/p-1. The lowest BCUT2D eigenvalue weighted by Crippen LogP contribution is -2.22. The lowest BCUT2D eigenvalue weighted by atomic mass is 10.2. The van der Waals surface area contributed by atoms with Gasteiger partial charge in [0.15, 0.2) is 0 Å². The summed E-state index contributed by atoms with van der Waals surface area (Å²) in [6, 6.07) is 3.45. The molecule has 0 radical (unpaired) electrons. The Morgan fingerprint density at radius 1 is 1.56 bits per heavy atom. The minimum Gasteiger partial charge on any atom is -0.872 e. The SMILES string of the molecule is CC(=O)NCCN=Cc1cc([N+](=O)[O-])ccc1[O-]. The van der Waals surface area contributed by atoms with E-state index in [9.17, 15) is 20.0 Å². The van der Waals surface area contributed by atoms with E-state index in [0.717, 1.165) is 12.1 Å². The number of nitrogens with one attached hydrogen (secondary N) is 1. The van der Waals surface area contributed by atoms with Gasteiger partial charge in [0.25, 0.3) is 5.69 Å². The Morgan fingerprint density at radius 3 is 2.89 bits per heavy atom. The highest BCUT2D eigenvalue weighted by Gasteiger charge is 2.04. The number of nitrogens with zero attached hydrogens (tertiary/aromatic N) is 2. The molecular weight excluding hydrogens is 238 g/mol. The number of aliphatic imine (C=N–C) groups is 1. The first-order valence-corrected chi connectivity index (χ1v) is 5.20. The highest BCUT2D eigenvalue weighted by molar-refractivity contribution is 5.84.